The molecular weight excluding hydrogens is 296 g/mol. The molecule has 23 heavy (non-hydrogen) atoms. The van der Waals surface area contributed by atoms with Gasteiger partial charge in [0.05, 0.1) is 12.2 Å². The highest BCUT2D eigenvalue weighted by molar-refractivity contribution is 5.93. The van der Waals surface area contributed by atoms with E-state index in [0.29, 0.717) is 44.1 Å². The highest BCUT2D eigenvalue weighted by atomic mass is 16.5. The lowest BCUT2D eigenvalue weighted by molar-refractivity contribution is -0.128. The number of likely N-dealkylation sites (tertiary alicyclic amines) is 1. The fourth-order valence-electron chi connectivity index (χ4n) is 2.76. The van der Waals surface area contributed by atoms with Gasteiger partial charge in [-0.15, -0.1) is 0 Å². The Morgan fingerprint density at radius 3 is 2.78 bits per heavy atom. The molecule has 1 aromatic heterocycles. The fraction of sp³-hybridized carbons (Fsp3) is 0.625. The third-order valence-electron chi connectivity index (χ3n) is 4.29. The Hall–Kier alpha value is -2.02. The molecule has 7 nitrogen and oxygen atoms in total. The van der Waals surface area contributed by atoms with E-state index in [9.17, 15) is 9.59 Å². The van der Waals surface area contributed by atoms with E-state index < -0.39 is 0 Å². The number of carbonyl (C=O) groups is 2. The molecule has 124 valence electrons. The van der Waals surface area contributed by atoms with Gasteiger partial charge in [-0.05, 0) is 12.8 Å². The molecule has 1 saturated heterocycles. The van der Waals surface area contributed by atoms with E-state index in [-0.39, 0.29) is 17.7 Å². The Kier molecular flexibility index (Phi) is 4.85. The Labute approximate surface area is 135 Å². The van der Waals surface area contributed by atoms with Crippen molar-refractivity contribution in [1.29, 1.82) is 0 Å². The number of carbonyl (C=O) groups excluding carboxylic acids is 2. The van der Waals surface area contributed by atoms with Crippen LogP contribution in [-0.4, -0.2) is 60.0 Å². The third-order valence-corrected chi connectivity index (χ3v) is 4.29. The minimum atomic E-state index is -0.185. The maximum atomic E-state index is 12.1. The smallest absolute Gasteiger partial charge is 0.254 e. The summed E-state index contributed by atoms with van der Waals surface area (Å²) in [6.45, 7) is 2.30. The van der Waals surface area contributed by atoms with Crippen molar-refractivity contribution in [3.8, 4) is 0 Å². The van der Waals surface area contributed by atoms with Crippen molar-refractivity contribution in [3.05, 3.63) is 23.8 Å². The summed E-state index contributed by atoms with van der Waals surface area (Å²) >= 11 is 0. The van der Waals surface area contributed by atoms with Crippen LogP contribution in [-0.2, 0) is 9.53 Å². The number of hydrogen-bond acceptors (Lipinski definition) is 5. The van der Waals surface area contributed by atoms with Gasteiger partial charge in [0.25, 0.3) is 5.91 Å². The highest BCUT2D eigenvalue weighted by Gasteiger charge is 2.29. The molecule has 1 aliphatic carbocycles. The van der Waals surface area contributed by atoms with Crippen LogP contribution >= 0.6 is 0 Å². The Bertz CT molecular complexity index is 571. The first kappa shape index (κ1) is 15.9. The van der Waals surface area contributed by atoms with Crippen LogP contribution in [0.25, 0.3) is 0 Å². The number of ether oxygens (including phenoxy) is 1. The van der Waals surface area contributed by atoms with Crippen molar-refractivity contribution in [3.63, 3.8) is 0 Å². The molecule has 1 aromatic rings. The minimum absolute atomic E-state index is 0.124. The highest BCUT2D eigenvalue weighted by Crippen LogP contribution is 2.37. The topological polar surface area (TPSA) is 84.4 Å². The average molecular weight is 318 g/mol. The summed E-state index contributed by atoms with van der Waals surface area (Å²) in [4.78, 5) is 34.3. The van der Waals surface area contributed by atoms with E-state index in [2.05, 4.69) is 15.3 Å². The molecule has 1 aliphatic heterocycles. The first-order chi connectivity index (χ1) is 11.2. The summed E-state index contributed by atoms with van der Waals surface area (Å²) in [6.07, 6.45) is 5.92. The average Bonchev–Trinajstić information content (AvgIpc) is 3.35. The fourth-order valence-corrected chi connectivity index (χ4v) is 2.76. The second-order valence-electron chi connectivity index (χ2n) is 6.22. The SMILES string of the molecule is COCCN1CC(CNC(=O)c2cnc(C3CC3)nc2)CC1=O. The summed E-state index contributed by atoms with van der Waals surface area (Å²) < 4.78 is 5.00. The van der Waals surface area contributed by atoms with E-state index in [1.54, 1.807) is 24.4 Å². The van der Waals surface area contributed by atoms with Crippen molar-refractivity contribution in [2.24, 2.45) is 5.92 Å². The molecule has 1 N–H and O–H groups in total. The van der Waals surface area contributed by atoms with Crippen LogP contribution in [0.15, 0.2) is 12.4 Å². The number of rotatable bonds is 7. The summed E-state index contributed by atoms with van der Waals surface area (Å²) in [5.74, 6) is 1.40. The molecule has 1 saturated carbocycles. The molecule has 0 bridgehead atoms. The van der Waals surface area contributed by atoms with Crippen molar-refractivity contribution in [1.82, 2.24) is 20.2 Å². The van der Waals surface area contributed by atoms with Gasteiger partial charge < -0.3 is 15.0 Å². The molecular formula is C16H22N4O3. The number of nitrogens with zero attached hydrogens (tertiary/aromatic N) is 3. The van der Waals surface area contributed by atoms with Gasteiger partial charge >= 0.3 is 0 Å². The summed E-state index contributed by atoms with van der Waals surface area (Å²) in [7, 11) is 1.62. The van der Waals surface area contributed by atoms with E-state index in [1.165, 1.54) is 0 Å². The van der Waals surface area contributed by atoms with Crippen LogP contribution in [0.1, 0.15) is 41.4 Å². The van der Waals surface area contributed by atoms with Gasteiger partial charge in [0.2, 0.25) is 5.91 Å². The number of methoxy groups -OCH3 is 1. The molecule has 3 rings (SSSR count). The molecule has 0 radical (unpaired) electrons. The third kappa shape index (κ3) is 4.04. The predicted molar refractivity (Wildman–Crippen MR) is 82.9 cm³/mol. The molecule has 2 fully saturated rings. The van der Waals surface area contributed by atoms with Gasteiger partial charge in [0, 0.05) is 57.4 Å². The Morgan fingerprint density at radius 2 is 2.13 bits per heavy atom. The monoisotopic (exact) mass is 318 g/mol. The van der Waals surface area contributed by atoms with E-state index in [4.69, 9.17) is 4.74 Å². The van der Waals surface area contributed by atoms with Gasteiger partial charge in [0.15, 0.2) is 0 Å². The van der Waals surface area contributed by atoms with Crippen LogP contribution in [0.2, 0.25) is 0 Å². The van der Waals surface area contributed by atoms with E-state index in [0.717, 1.165) is 18.7 Å². The van der Waals surface area contributed by atoms with Crippen LogP contribution < -0.4 is 5.32 Å². The molecule has 0 spiro atoms. The molecule has 0 aromatic carbocycles. The van der Waals surface area contributed by atoms with Crippen LogP contribution in [0.5, 0.6) is 0 Å². The van der Waals surface area contributed by atoms with Gasteiger partial charge in [0.1, 0.15) is 5.82 Å². The molecule has 1 atom stereocenters. The zero-order valence-corrected chi connectivity index (χ0v) is 13.3. The number of nitrogens with one attached hydrogen (secondary N) is 1. The van der Waals surface area contributed by atoms with Crippen molar-refractivity contribution >= 4 is 11.8 Å². The van der Waals surface area contributed by atoms with Gasteiger partial charge in [-0.25, -0.2) is 9.97 Å². The largest absolute Gasteiger partial charge is 0.383 e. The van der Waals surface area contributed by atoms with Gasteiger partial charge in [-0.2, -0.15) is 0 Å². The lowest BCUT2D eigenvalue weighted by atomic mass is 10.1. The van der Waals surface area contributed by atoms with Crippen molar-refractivity contribution in [2.75, 3.05) is 33.4 Å². The Balaban J connectivity index is 1.46. The molecule has 1 unspecified atom stereocenters. The van der Waals surface area contributed by atoms with Crippen molar-refractivity contribution in [2.45, 2.75) is 25.2 Å². The number of amides is 2. The molecule has 7 heteroatoms. The standard InChI is InChI=1S/C16H22N4O3/c1-23-5-4-20-10-11(6-14(20)21)7-19-16(22)13-8-17-15(18-9-13)12-2-3-12/h8-9,11-12H,2-7,10H2,1H3,(H,19,22). The maximum absolute atomic E-state index is 12.1. The first-order valence-corrected chi connectivity index (χ1v) is 8.04. The predicted octanol–water partition coefficient (Wildman–Crippen LogP) is 0.579. The van der Waals surface area contributed by atoms with Gasteiger partial charge in [-0.1, -0.05) is 0 Å². The Morgan fingerprint density at radius 1 is 1.39 bits per heavy atom. The molecule has 2 heterocycles. The zero-order chi connectivity index (χ0) is 16.2. The second kappa shape index (κ2) is 7.04. The number of aromatic nitrogens is 2. The van der Waals surface area contributed by atoms with Crippen LogP contribution in [0.4, 0.5) is 0 Å². The maximum Gasteiger partial charge on any atom is 0.254 e. The van der Waals surface area contributed by atoms with Gasteiger partial charge in [-0.3, -0.25) is 9.59 Å². The molecule has 2 aliphatic rings. The summed E-state index contributed by atoms with van der Waals surface area (Å²) in [5, 5.41) is 2.87. The lowest BCUT2D eigenvalue weighted by Gasteiger charge is -2.16. The van der Waals surface area contributed by atoms with E-state index >= 15 is 0 Å². The minimum Gasteiger partial charge on any atom is -0.383 e. The van der Waals surface area contributed by atoms with Crippen molar-refractivity contribution < 1.29 is 14.3 Å². The molecule has 2 amide bonds. The van der Waals surface area contributed by atoms with Crippen LogP contribution in [0.3, 0.4) is 0 Å². The van der Waals surface area contributed by atoms with Crippen LogP contribution in [0, 0.1) is 5.92 Å². The number of hydrogen-bond donors (Lipinski definition) is 1. The normalized spacial score (nSPS) is 20.8. The first-order valence-electron chi connectivity index (χ1n) is 8.04. The summed E-state index contributed by atoms with van der Waals surface area (Å²) in [6, 6.07) is 0. The quantitative estimate of drug-likeness (QED) is 0.795. The van der Waals surface area contributed by atoms with E-state index in [1.807, 2.05) is 0 Å². The zero-order valence-electron chi connectivity index (χ0n) is 13.3. The summed E-state index contributed by atoms with van der Waals surface area (Å²) in [5.41, 5.74) is 0.468. The second-order valence-corrected chi connectivity index (χ2v) is 6.22. The lowest BCUT2D eigenvalue weighted by Crippen LogP contribution is -2.32.